The summed E-state index contributed by atoms with van der Waals surface area (Å²) < 4.78 is 10.1. The zero-order valence-electron chi connectivity index (χ0n) is 9.16. The molecule has 1 aliphatic rings. The first kappa shape index (κ1) is 11.5. The lowest BCUT2D eigenvalue weighted by Gasteiger charge is -2.33. The van der Waals surface area contributed by atoms with E-state index in [9.17, 15) is 9.90 Å². The fraction of sp³-hybridized carbons (Fsp3) is 0.900. The van der Waals surface area contributed by atoms with Crippen molar-refractivity contribution in [1.29, 1.82) is 0 Å². The molecule has 0 aromatic rings. The van der Waals surface area contributed by atoms with Crippen molar-refractivity contribution < 1.29 is 19.4 Å². The summed E-state index contributed by atoms with van der Waals surface area (Å²) in [6, 6.07) is 0. The largest absolute Gasteiger partial charge is 0.464 e. The molecule has 0 radical (unpaired) electrons. The van der Waals surface area contributed by atoms with Crippen molar-refractivity contribution in [3.8, 4) is 0 Å². The summed E-state index contributed by atoms with van der Waals surface area (Å²) in [5, 5.41) is 10.2. The highest BCUT2D eigenvalue weighted by Crippen LogP contribution is 2.41. The predicted molar refractivity (Wildman–Crippen MR) is 50.8 cm³/mol. The predicted octanol–water partition coefficient (Wildman–Crippen LogP) is 0.725. The fourth-order valence-electron chi connectivity index (χ4n) is 1.47. The number of rotatable bonds is 2. The van der Waals surface area contributed by atoms with Crippen LogP contribution in [-0.4, -0.2) is 36.0 Å². The van der Waals surface area contributed by atoms with Crippen LogP contribution in [0.25, 0.3) is 0 Å². The monoisotopic (exact) mass is 202 g/mol. The molecular formula is C10H18O4. The van der Waals surface area contributed by atoms with Crippen LogP contribution in [0.1, 0.15) is 27.7 Å². The van der Waals surface area contributed by atoms with Crippen molar-refractivity contribution >= 4 is 5.97 Å². The van der Waals surface area contributed by atoms with Gasteiger partial charge in [-0.1, -0.05) is 13.8 Å². The SMILES string of the molecule is CCOC(=O)[C@H]1OCC(C)(C)[C@]1(C)O. The average molecular weight is 202 g/mol. The van der Waals surface area contributed by atoms with Gasteiger partial charge in [-0.25, -0.2) is 4.79 Å². The van der Waals surface area contributed by atoms with Crippen LogP contribution in [0.3, 0.4) is 0 Å². The van der Waals surface area contributed by atoms with Crippen LogP contribution in [-0.2, 0) is 14.3 Å². The van der Waals surface area contributed by atoms with Gasteiger partial charge in [0.2, 0.25) is 0 Å². The Balaban J connectivity index is 2.79. The molecule has 0 saturated carbocycles. The molecule has 4 heteroatoms. The van der Waals surface area contributed by atoms with E-state index >= 15 is 0 Å². The Labute approximate surface area is 84.2 Å². The maximum Gasteiger partial charge on any atom is 0.338 e. The Morgan fingerprint density at radius 1 is 1.57 bits per heavy atom. The Bertz CT molecular complexity index is 232. The number of carbonyl (C=O) groups excluding carboxylic acids is 1. The van der Waals surface area contributed by atoms with Gasteiger partial charge in [0.1, 0.15) is 5.60 Å². The molecule has 0 aliphatic carbocycles. The second-order valence-electron chi connectivity index (χ2n) is 4.47. The summed E-state index contributed by atoms with van der Waals surface area (Å²) in [5.74, 6) is -0.483. The first-order valence-corrected chi connectivity index (χ1v) is 4.83. The molecule has 0 spiro atoms. The summed E-state index contributed by atoms with van der Waals surface area (Å²) in [5.41, 5.74) is -1.59. The van der Waals surface area contributed by atoms with Crippen molar-refractivity contribution in [1.82, 2.24) is 0 Å². The zero-order chi connectivity index (χ0) is 11.0. The smallest absolute Gasteiger partial charge is 0.338 e. The molecule has 14 heavy (non-hydrogen) atoms. The van der Waals surface area contributed by atoms with Gasteiger partial charge < -0.3 is 14.6 Å². The van der Waals surface area contributed by atoms with Crippen molar-refractivity contribution in [2.45, 2.75) is 39.4 Å². The molecule has 0 aromatic heterocycles. The van der Waals surface area contributed by atoms with Gasteiger partial charge in [0.05, 0.1) is 13.2 Å². The lowest BCUT2D eigenvalue weighted by Crippen LogP contribution is -2.49. The van der Waals surface area contributed by atoms with E-state index < -0.39 is 23.1 Å². The van der Waals surface area contributed by atoms with Crippen molar-refractivity contribution in [2.75, 3.05) is 13.2 Å². The molecule has 1 aliphatic heterocycles. The van der Waals surface area contributed by atoms with E-state index in [1.165, 1.54) is 0 Å². The maximum absolute atomic E-state index is 11.4. The molecule has 4 nitrogen and oxygen atoms in total. The number of esters is 1. The number of ether oxygens (including phenoxy) is 2. The van der Waals surface area contributed by atoms with E-state index in [4.69, 9.17) is 9.47 Å². The van der Waals surface area contributed by atoms with Crippen LogP contribution < -0.4 is 0 Å². The highest BCUT2D eigenvalue weighted by Gasteiger charge is 2.56. The molecule has 0 unspecified atom stereocenters. The van der Waals surface area contributed by atoms with Crippen LogP contribution in [0, 0.1) is 5.41 Å². The summed E-state index contributed by atoms with van der Waals surface area (Å²) in [7, 11) is 0. The first-order chi connectivity index (χ1) is 6.33. The van der Waals surface area contributed by atoms with Crippen LogP contribution in [0.15, 0.2) is 0 Å². The van der Waals surface area contributed by atoms with E-state index in [2.05, 4.69) is 0 Å². The zero-order valence-corrected chi connectivity index (χ0v) is 9.16. The topological polar surface area (TPSA) is 55.8 Å². The molecule has 1 saturated heterocycles. The van der Waals surface area contributed by atoms with Gasteiger partial charge >= 0.3 is 5.97 Å². The van der Waals surface area contributed by atoms with Gasteiger partial charge in [0, 0.05) is 5.41 Å². The minimum absolute atomic E-state index is 0.301. The van der Waals surface area contributed by atoms with Gasteiger partial charge in [-0.15, -0.1) is 0 Å². The molecule has 2 atom stereocenters. The lowest BCUT2D eigenvalue weighted by molar-refractivity contribution is -0.165. The van der Waals surface area contributed by atoms with Gasteiger partial charge in [0.15, 0.2) is 6.10 Å². The average Bonchev–Trinajstić information content (AvgIpc) is 2.23. The van der Waals surface area contributed by atoms with Crippen LogP contribution in [0.2, 0.25) is 0 Å². The molecule has 1 heterocycles. The van der Waals surface area contributed by atoms with Crippen molar-refractivity contribution in [2.24, 2.45) is 5.41 Å². The number of hydrogen-bond acceptors (Lipinski definition) is 4. The van der Waals surface area contributed by atoms with Gasteiger partial charge in [-0.3, -0.25) is 0 Å². The van der Waals surface area contributed by atoms with E-state index in [1.807, 2.05) is 13.8 Å². The quantitative estimate of drug-likeness (QED) is 0.670. The van der Waals surface area contributed by atoms with Gasteiger partial charge in [-0.05, 0) is 13.8 Å². The highest BCUT2D eigenvalue weighted by molar-refractivity contribution is 5.76. The Morgan fingerprint density at radius 2 is 2.14 bits per heavy atom. The summed E-state index contributed by atoms with van der Waals surface area (Å²) in [6.45, 7) is 7.74. The third-order valence-electron chi connectivity index (χ3n) is 2.99. The molecule has 1 N–H and O–H groups in total. The van der Waals surface area contributed by atoms with E-state index in [0.717, 1.165) is 0 Å². The van der Waals surface area contributed by atoms with Crippen molar-refractivity contribution in [3.05, 3.63) is 0 Å². The summed E-state index contributed by atoms with van der Waals surface area (Å²) in [6.07, 6.45) is -0.863. The Hall–Kier alpha value is -0.610. The van der Waals surface area contributed by atoms with Gasteiger partial charge in [0.25, 0.3) is 0 Å². The first-order valence-electron chi connectivity index (χ1n) is 4.83. The molecule has 0 aromatic carbocycles. The number of hydrogen-bond donors (Lipinski definition) is 1. The van der Waals surface area contributed by atoms with E-state index in [1.54, 1.807) is 13.8 Å². The third-order valence-corrected chi connectivity index (χ3v) is 2.99. The standard InChI is InChI=1S/C10H18O4/c1-5-13-8(11)7-10(4,12)9(2,3)6-14-7/h7,12H,5-6H2,1-4H3/t7-,10-/m1/s1. The van der Waals surface area contributed by atoms with Crippen LogP contribution in [0.4, 0.5) is 0 Å². The summed E-state index contributed by atoms with van der Waals surface area (Å²) >= 11 is 0. The molecule has 1 fully saturated rings. The normalized spacial score (nSPS) is 35.6. The molecule has 0 amide bonds. The fourth-order valence-corrected chi connectivity index (χ4v) is 1.47. The van der Waals surface area contributed by atoms with E-state index in [0.29, 0.717) is 13.2 Å². The van der Waals surface area contributed by atoms with Crippen molar-refractivity contribution in [3.63, 3.8) is 0 Å². The lowest BCUT2D eigenvalue weighted by atomic mass is 9.76. The van der Waals surface area contributed by atoms with Gasteiger partial charge in [-0.2, -0.15) is 0 Å². The maximum atomic E-state index is 11.4. The van der Waals surface area contributed by atoms with Crippen LogP contribution in [0.5, 0.6) is 0 Å². The highest BCUT2D eigenvalue weighted by atomic mass is 16.6. The molecule has 0 bridgehead atoms. The number of carbonyl (C=O) groups is 1. The molecule has 82 valence electrons. The second kappa shape index (κ2) is 3.51. The minimum atomic E-state index is -1.17. The Morgan fingerprint density at radius 3 is 2.50 bits per heavy atom. The number of aliphatic hydroxyl groups is 1. The third kappa shape index (κ3) is 1.64. The Kier molecular flexibility index (Phi) is 2.88. The second-order valence-corrected chi connectivity index (χ2v) is 4.47. The van der Waals surface area contributed by atoms with E-state index in [-0.39, 0.29) is 0 Å². The summed E-state index contributed by atoms with van der Waals surface area (Å²) in [4.78, 5) is 11.4. The molecular weight excluding hydrogens is 184 g/mol. The minimum Gasteiger partial charge on any atom is -0.464 e. The van der Waals surface area contributed by atoms with Crippen LogP contribution >= 0.6 is 0 Å². The molecule has 1 rings (SSSR count).